The molecule has 1 fully saturated rings. The molecule has 92 valence electrons. The number of halogens is 3. The van der Waals surface area contributed by atoms with E-state index >= 15 is 0 Å². The van der Waals surface area contributed by atoms with Crippen LogP contribution in [0.1, 0.15) is 11.1 Å². The Morgan fingerprint density at radius 1 is 1.12 bits per heavy atom. The van der Waals surface area contributed by atoms with Crippen LogP contribution in [-0.4, -0.2) is 21.1 Å². The predicted octanol–water partition coefficient (Wildman–Crippen LogP) is 1.96. The lowest BCUT2D eigenvalue weighted by molar-refractivity contribution is -0.149. The quantitative estimate of drug-likeness (QED) is 0.740. The average molecular weight is 244 g/mol. The van der Waals surface area contributed by atoms with Crippen LogP contribution in [0.3, 0.4) is 0 Å². The van der Waals surface area contributed by atoms with Gasteiger partial charge >= 0.3 is 6.18 Å². The number of rotatable bonds is 2. The zero-order valence-corrected chi connectivity index (χ0v) is 9.38. The van der Waals surface area contributed by atoms with Crippen molar-refractivity contribution in [2.24, 2.45) is 0 Å². The summed E-state index contributed by atoms with van der Waals surface area (Å²) in [5.41, 5.74) is -0.0315. The van der Waals surface area contributed by atoms with E-state index in [1.165, 1.54) is 12.1 Å². The van der Waals surface area contributed by atoms with Gasteiger partial charge in [0.15, 0.2) is 5.79 Å². The molecule has 2 nitrogen and oxygen atoms in total. The fraction of sp³-hybridized carbons (Fsp3) is 0.455. The van der Waals surface area contributed by atoms with Gasteiger partial charge in [0.25, 0.3) is 0 Å². The summed E-state index contributed by atoms with van der Waals surface area (Å²) in [6, 6.07) is 4.94. The number of benzene rings is 1. The van der Waals surface area contributed by atoms with E-state index in [2.05, 4.69) is 0 Å². The second kappa shape index (κ2) is 4.35. The first kappa shape index (κ1) is 12.5. The lowest BCUT2D eigenvalue weighted by Gasteiger charge is -2.26. The molecule has 1 aromatic carbocycles. The molecular formula is C11H12BF3O2. The number of ether oxygens (including phenoxy) is 2. The van der Waals surface area contributed by atoms with Gasteiger partial charge in [0, 0.05) is 5.56 Å². The highest BCUT2D eigenvalue weighted by Crippen LogP contribution is 2.36. The number of hydrogen-bond acceptors (Lipinski definition) is 2. The molecule has 0 saturated carbocycles. The molecule has 2 rings (SSSR count). The minimum absolute atomic E-state index is 0.467. The molecular weight excluding hydrogens is 232 g/mol. The van der Waals surface area contributed by atoms with Crippen LogP contribution in [0.4, 0.5) is 13.2 Å². The molecule has 0 aromatic heterocycles. The number of hydrogen-bond donors (Lipinski definition) is 0. The van der Waals surface area contributed by atoms with E-state index in [1.54, 1.807) is 0 Å². The Labute approximate surface area is 98.1 Å². The smallest absolute Gasteiger partial charge is 0.344 e. The third kappa shape index (κ3) is 2.33. The maximum atomic E-state index is 12.4. The van der Waals surface area contributed by atoms with E-state index in [0.29, 0.717) is 25.1 Å². The summed E-state index contributed by atoms with van der Waals surface area (Å²) < 4.78 is 48.2. The Balaban J connectivity index is 2.28. The van der Waals surface area contributed by atoms with E-state index in [-0.39, 0.29) is 0 Å². The molecule has 0 bridgehead atoms. The minimum atomic E-state index is -4.31. The Hall–Kier alpha value is -1.01. The Morgan fingerprint density at radius 3 is 2.06 bits per heavy atom. The van der Waals surface area contributed by atoms with Crippen molar-refractivity contribution in [1.82, 2.24) is 0 Å². The fourth-order valence-electron chi connectivity index (χ4n) is 1.94. The number of alkyl halides is 3. The first-order valence-corrected chi connectivity index (χ1v) is 5.43. The first-order valence-electron chi connectivity index (χ1n) is 5.43. The molecule has 0 radical (unpaired) electrons. The maximum Gasteiger partial charge on any atom is 0.416 e. The predicted molar refractivity (Wildman–Crippen MR) is 58.4 cm³/mol. The van der Waals surface area contributed by atoms with Crippen molar-refractivity contribution in [3.63, 3.8) is 0 Å². The van der Waals surface area contributed by atoms with Gasteiger partial charge in [-0.1, -0.05) is 12.1 Å². The van der Waals surface area contributed by atoms with Crippen molar-refractivity contribution in [2.75, 3.05) is 13.2 Å². The van der Waals surface area contributed by atoms with Gasteiger partial charge in [-0.2, -0.15) is 13.2 Å². The molecule has 0 aliphatic carbocycles. The van der Waals surface area contributed by atoms with E-state index in [4.69, 9.17) is 9.47 Å². The molecule has 6 heteroatoms. The van der Waals surface area contributed by atoms with Gasteiger partial charge in [-0.15, -0.1) is 0 Å². The van der Waals surface area contributed by atoms with Crippen LogP contribution in [0.2, 0.25) is 6.32 Å². The van der Waals surface area contributed by atoms with Gasteiger partial charge in [-0.3, -0.25) is 0 Å². The SMILES string of the molecule is BCC1(c2ccc(C(F)(F)F)cc2)OCCO1. The van der Waals surface area contributed by atoms with Crippen molar-refractivity contribution in [3.05, 3.63) is 35.4 Å². The third-order valence-electron chi connectivity index (χ3n) is 2.87. The molecule has 1 aromatic rings. The highest BCUT2D eigenvalue weighted by atomic mass is 19.4. The largest absolute Gasteiger partial charge is 0.416 e. The van der Waals surface area contributed by atoms with Crippen LogP contribution < -0.4 is 0 Å². The van der Waals surface area contributed by atoms with Crippen molar-refractivity contribution in [1.29, 1.82) is 0 Å². The lowest BCUT2D eigenvalue weighted by atomic mass is 9.90. The summed E-state index contributed by atoms with van der Waals surface area (Å²) in [7, 11) is 1.88. The normalized spacial score (nSPS) is 19.5. The summed E-state index contributed by atoms with van der Waals surface area (Å²) in [5.74, 6) is -0.871. The minimum Gasteiger partial charge on any atom is -0.344 e. The van der Waals surface area contributed by atoms with Gasteiger partial charge in [-0.25, -0.2) is 0 Å². The molecule has 1 saturated heterocycles. The van der Waals surface area contributed by atoms with Crippen LogP contribution in [0, 0.1) is 0 Å². The second-order valence-electron chi connectivity index (χ2n) is 3.88. The van der Waals surface area contributed by atoms with Gasteiger partial charge < -0.3 is 9.47 Å². The van der Waals surface area contributed by atoms with Gasteiger partial charge in [0.1, 0.15) is 7.85 Å². The first-order chi connectivity index (χ1) is 7.98. The van der Waals surface area contributed by atoms with Crippen LogP contribution in [0.25, 0.3) is 0 Å². The average Bonchev–Trinajstić information content (AvgIpc) is 2.78. The molecule has 1 aliphatic heterocycles. The van der Waals surface area contributed by atoms with Crippen molar-refractivity contribution < 1.29 is 22.6 Å². The zero-order chi connectivity index (χ0) is 12.5. The summed E-state index contributed by atoms with van der Waals surface area (Å²) in [5, 5.41) is 0. The zero-order valence-electron chi connectivity index (χ0n) is 9.38. The van der Waals surface area contributed by atoms with Crippen molar-refractivity contribution in [3.8, 4) is 0 Å². The summed E-state index contributed by atoms with van der Waals surface area (Å²) in [4.78, 5) is 0. The van der Waals surface area contributed by atoms with Crippen molar-refractivity contribution >= 4 is 7.85 Å². The van der Waals surface area contributed by atoms with E-state index in [9.17, 15) is 13.2 Å². The monoisotopic (exact) mass is 244 g/mol. The van der Waals surface area contributed by atoms with Crippen LogP contribution in [-0.2, 0) is 21.4 Å². The van der Waals surface area contributed by atoms with Crippen LogP contribution >= 0.6 is 0 Å². The Morgan fingerprint density at radius 2 is 1.65 bits per heavy atom. The molecule has 17 heavy (non-hydrogen) atoms. The summed E-state index contributed by atoms with van der Waals surface area (Å²) in [6.45, 7) is 0.934. The van der Waals surface area contributed by atoms with Crippen molar-refractivity contribution in [2.45, 2.75) is 18.3 Å². The molecule has 1 heterocycles. The third-order valence-corrected chi connectivity index (χ3v) is 2.87. The Kier molecular flexibility index (Phi) is 3.18. The van der Waals surface area contributed by atoms with Gasteiger partial charge in [-0.05, 0) is 18.5 Å². The summed E-state index contributed by atoms with van der Waals surface area (Å²) >= 11 is 0. The molecule has 0 atom stereocenters. The molecule has 1 aliphatic rings. The topological polar surface area (TPSA) is 18.5 Å². The van der Waals surface area contributed by atoms with E-state index < -0.39 is 17.5 Å². The standard InChI is InChI=1S/C11H12BF3O2/c12-7-10(16-5-6-17-10)8-1-3-9(4-2-8)11(13,14)15/h1-4H,5-7,12H2. The van der Waals surface area contributed by atoms with E-state index in [0.717, 1.165) is 12.1 Å². The molecule has 0 amide bonds. The highest BCUT2D eigenvalue weighted by Gasteiger charge is 2.37. The lowest BCUT2D eigenvalue weighted by Crippen LogP contribution is -2.26. The Bertz CT molecular complexity index is 383. The second-order valence-corrected chi connectivity index (χ2v) is 3.88. The summed E-state index contributed by atoms with van der Waals surface area (Å²) in [6.07, 6.45) is -3.74. The van der Waals surface area contributed by atoms with Crippen LogP contribution in [0.15, 0.2) is 24.3 Å². The maximum absolute atomic E-state index is 12.4. The fourth-order valence-corrected chi connectivity index (χ4v) is 1.94. The van der Waals surface area contributed by atoms with Gasteiger partial charge in [0.05, 0.1) is 18.8 Å². The molecule has 0 spiro atoms. The van der Waals surface area contributed by atoms with Crippen LogP contribution in [0.5, 0.6) is 0 Å². The van der Waals surface area contributed by atoms with E-state index in [1.807, 2.05) is 7.85 Å². The van der Waals surface area contributed by atoms with Gasteiger partial charge in [0.2, 0.25) is 0 Å². The highest BCUT2D eigenvalue weighted by molar-refractivity contribution is 6.09. The molecule has 0 unspecified atom stereocenters. The molecule has 0 N–H and O–H groups in total.